The molecule has 0 spiro atoms. The molecule has 0 heterocycles. The van der Waals surface area contributed by atoms with Gasteiger partial charge in [-0.2, -0.15) is 0 Å². The fourth-order valence-corrected chi connectivity index (χ4v) is 2.16. The van der Waals surface area contributed by atoms with Crippen molar-refractivity contribution in [3.63, 3.8) is 0 Å². The Morgan fingerprint density at radius 3 is 2.33 bits per heavy atom. The van der Waals surface area contributed by atoms with Crippen molar-refractivity contribution in [3.05, 3.63) is 65.2 Å². The van der Waals surface area contributed by atoms with E-state index in [9.17, 15) is 8.78 Å². The maximum Gasteiger partial charge on any atom is 0.124 e. The Hall–Kier alpha value is -2.43. The molecule has 0 saturated carbocycles. The lowest BCUT2D eigenvalue weighted by atomic mass is 10.1. The van der Waals surface area contributed by atoms with E-state index >= 15 is 0 Å². The van der Waals surface area contributed by atoms with Crippen LogP contribution in [0.2, 0.25) is 0 Å². The van der Waals surface area contributed by atoms with Crippen molar-refractivity contribution >= 4 is 11.5 Å². The first-order valence-corrected chi connectivity index (χ1v) is 6.64. The Labute approximate surface area is 122 Å². The van der Waals surface area contributed by atoms with E-state index in [0.717, 1.165) is 5.69 Å². The summed E-state index contributed by atoms with van der Waals surface area (Å²) in [7, 11) is 0. The van der Waals surface area contributed by atoms with Crippen molar-refractivity contribution in [2.24, 2.45) is 5.73 Å². The van der Waals surface area contributed by atoms with E-state index in [1.54, 1.807) is 18.2 Å². The number of nitrogen functional groups attached to an aromatic ring is 1. The lowest BCUT2D eigenvalue weighted by molar-refractivity contribution is 0.624. The molecule has 0 aliphatic heterocycles. The zero-order valence-corrected chi connectivity index (χ0v) is 11.7. The molecular weight excluding hydrogens is 272 g/mol. The van der Waals surface area contributed by atoms with Crippen molar-refractivity contribution in [1.82, 2.24) is 0 Å². The first-order valence-electron chi connectivity index (χ1n) is 6.64. The molecule has 5 heteroatoms. The number of nitrogens with two attached hydrogens (primary N) is 1. The second-order valence-corrected chi connectivity index (χ2v) is 4.75. The van der Waals surface area contributed by atoms with Crippen LogP contribution in [-0.2, 0) is 6.54 Å². The summed E-state index contributed by atoms with van der Waals surface area (Å²) in [6.07, 6.45) is 0. The molecule has 0 aliphatic carbocycles. The third-order valence-electron chi connectivity index (χ3n) is 3.22. The number of nitrogens with one attached hydrogen (secondary N) is 1. The molecule has 3 nitrogen and oxygen atoms in total. The fraction of sp³-hybridized carbons (Fsp3) is 0.188. The fourth-order valence-electron chi connectivity index (χ4n) is 2.16. The topological polar surface area (TPSA) is 53.1 Å². The third kappa shape index (κ3) is 3.78. The monoisotopic (exact) mass is 289 g/mol. The van der Waals surface area contributed by atoms with E-state index in [4.69, 9.17) is 11.1 Å². The van der Waals surface area contributed by atoms with Gasteiger partial charge >= 0.3 is 0 Å². The van der Waals surface area contributed by atoms with Crippen LogP contribution in [0.1, 0.15) is 18.1 Å². The van der Waals surface area contributed by atoms with E-state index in [1.165, 1.54) is 24.3 Å². The molecule has 0 aliphatic rings. The molecule has 3 N–H and O–H groups in total. The van der Waals surface area contributed by atoms with Gasteiger partial charge < -0.3 is 10.6 Å². The van der Waals surface area contributed by atoms with E-state index in [0.29, 0.717) is 24.2 Å². The van der Waals surface area contributed by atoms with Crippen LogP contribution in [-0.4, -0.2) is 12.4 Å². The van der Waals surface area contributed by atoms with Gasteiger partial charge in [0.05, 0.1) is 0 Å². The molecule has 0 bridgehead atoms. The molecule has 0 saturated heterocycles. The lowest BCUT2D eigenvalue weighted by Gasteiger charge is -2.23. The Bertz CT molecular complexity index is 638. The number of anilines is 1. The van der Waals surface area contributed by atoms with E-state index < -0.39 is 5.82 Å². The molecule has 0 atom stereocenters. The van der Waals surface area contributed by atoms with Gasteiger partial charge in [-0.05, 0) is 55.0 Å². The number of hydrogen-bond acceptors (Lipinski definition) is 2. The number of rotatable bonds is 5. The maximum atomic E-state index is 13.6. The molecule has 2 aromatic carbocycles. The Morgan fingerprint density at radius 2 is 1.76 bits per heavy atom. The molecule has 2 aromatic rings. The number of nitrogens with zero attached hydrogens (tertiary/aromatic N) is 1. The smallest absolute Gasteiger partial charge is 0.124 e. The Balaban J connectivity index is 2.26. The minimum absolute atomic E-state index is 0.166. The zero-order valence-electron chi connectivity index (χ0n) is 11.7. The van der Waals surface area contributed by atoms with Crippen molar-refractivity contribution < 1.29 is 8.78 Å². The minimum atomic E-state index is -0.423. The van der Waals surface area contributed by atoms with Gasteiger partial charge in [-0.1, -0.05) is 0 Å². The average molecular weight is 289 g/mol. The van der Waals surface area contributed by atoms with Gasteiger partial charge in [-0.3, -0.25) is 5.41 Å². The molecule has 0 amide bonds. The van der Waals surface area contributed by atoms with Gasteiger partial charge in [0.1, 0.15) is 17.5 Å². The first kappa shape index (κ1) is 15.0. The quantitative estimate of drug-likeness (QED) is 0.655. The summed E-state index contributed by atoms with van der Waals surface area (Å²) in [5, 5.41) is 7.40. The summed E-state index contributed by atoms with van der Waals surface area (Å²) in [4.78, 5) is 1.98. The third-order valence-corrected chi connectivity index (χ3v) is 3.22. The SMILES string of the molecule is CCN(Cc1cc(F)cc(C(=N)N)c1)c1ccc(F)cc1. The molecule has 21 heavy (non-hydrogen) atoms. The molecule has 0 aromatic heterocycles. The summed E-state index contributed by atoms with van der Waals surface area (Å²) in [5.74, 6) is -0.882. The Kier molecular flexibility index (Phi) is 4.52. The number of halogens is 2. The minimum Gasteiger partial charge on any atom is -0.384 e. The Morgan fingerprint density at radius 1 is 1.10 bits per heavy atom. The van der Waals surface area contributed by atoms with Crippen molar-refractivity contribution in [3.8, 4) is 0 Å². The van der Waals surface area contributed by atoms with Crippen molar-refractivity contribution in [2.45, 2.75) is 13.5 Å². The van der Waals surface area contributed by atoms with Gasteiger partial charge in [0.25, 0.3) is 0 Å². The molecule has 0 fully saturated rings. The van der Waals surface area contributed by atoms with E-state index in [-0.39, 0.29) is 11.7 Å². The van der Waals surface area contributed by atoms with Crippen molar-refractivity contribution in [1.29, 1.82) is 5.41 Å². The summed E-state index contributed by atoms with van der Waals surface area (Å²) in [6.45, 7) is 3.12. The van der Waals surface area contributed by atoms with Crippen LogP contribution in [0.3, 0.4) is 0 Å². The van der Waals surface area contributed by atoms with Gasteiger partial charge in [-0.25, -0.2) is 8.78 Å². The maximum absolute atomic E-state index is 13.6. The number of benzene rings is 2. The summed E-state index contributed by atoms with van der Waals surface area (Å²) in [5.41, 5.74) is 7.33. The second kappa shape index (κ2) is 6.35. The van der Waals surface area contributed by atoms with Crippen LogP contribution >= 0.6 is 0 Å². The van der Waals surface area contributed by atoms with Gasteiger partial charge in [0.2, 0.25) is 0 Å². The van der Waals surface area contributed by atoms with E-state index in [2.05, 4.69) is 0 Å². The molecule has 110 valence electrons. The van der Waals surface area contributed by atoms with Crippen LogP contribution in [0, 0.1) is 17.0 Å². The number of hydrogen-bond donors (Lipinski definition) is 2. The van der Waals surface area contributed by atoms with Crippen LogP contribution in [0.15, 0.2) is 42.5 Å². The molecule has 0 unspecified atom stereocenters. The second-order valence-electron chi connectivity index (χ2n) is 4.75. The average Bonchev–Trinajstić information content (AvgIpc) is 2.45. The highest BCUT2D eigenvalue weighted by Gasteiger charge is 2.09. The largest absolute Gasteiger partial charge is 0.384 e. The van der Waals surface area contributed by atoms with E-state index in [1.807, 2.05) is 11.8 Å². The highest BCUT2D eigenvalue weighted by Crippen LogP contribution is 2.19. The highest BCUT2D eigenvalue weighted by atomic mass is 19.1. The summed E-state index contributed by atoms with van der Waals surface area (Å²) < 4.78 is 26.5. The predicted molar refractivity (Wildman–Crippen MR) is 80.5 cm³/mol. The zero-order chi connectivity index (χ0) is 15.4. The van der Waals surface area contributed by atoms with Gasteiger partial charge in [0.15, 0.2) is 0 Å². The summed E-state index contributed by atoms with van der Waals surface area (Å²) >= 11 is 0. The summed E-state index contributed by atoms with van der Waals surface area (Å²) in [6, 6.07) is 10.5. The van der Waals surface area contributed by atoms with Crippen LogP contribution in [0.25, 0.3) is 0 Å². The van der Waals surface area contributed by atoms with Gasteiger partial charge in [0, 0.05) is 24.3 Å². The molecular formula is C16H17F2N3. The number of amidine groups is 1. The standard InChI is InChI=1S/C16H17F2N3/c1-2-21(15-5-3-13(17)4-6-15)10-11-7-12(16(19)20)9-14(18)8-11/h3-9H,2,10H2,1H3,(H3,19,20). The van der Waals surface area contributed by atoms with Crippen LogP contribution in [0.5, 0.6) is 0 Å². The van der Waals surface area contributed by atoms with Crippen molar-refractivity contribution in [2.75, 3.05) is 11.4 Å². The highest BCUT2D eigenvalue weighted by molar-refractivity contribution is 5.95. The van der Waals surface area contributed by atoms with Crippen LogP contribution in [0.4, 0.5) is 14.5 Å². The first-order chi connectivity index (χ1) is 9.99. The molecule has 0 radical (unpaired) electrons. The predicted octanol–water partition coefficient (Wildman–Crippen LogP) is 3.28. The normalized spacial score (nSPS) is 10.4. The van der Waals surface area contributed by atoms with Gasteiger partial charge in [-0.15, -0.1) is 0 Å². The molecule has 2 rings (SSSR count). The lowest BCUT2D eigenvalue weighted by Crippen LogP contribution is -2.22. The van der Waals surface area contributed by atoms with Crippen LogP contribution < -0.4 is 10.6 Å².